The van der Waals surface area contributed by atoms with E-state index in [2.05, 4.69) is 5.32 Å². The van der Waals surface area contributed by atoms with Crippen LogP contribution < -0.4 is 5.32 Å². The summed E-state index contributed by atoms with van der Waals surface area (Å²) in [6.07, 6.45) is 1.29. The smallest absolute Gasteiger partial charge is 0.410 e. The largest absolute Gasteiger partial charge is 0.478 e. The second-order valence-electron chi connectivity index (χ2n) is 5.26. The van der Waals surface area contributed by atoms with E-state index in [4.69, 9.17) is 9.84 Å². The number of nitrogens with zero attached hydrogens (tertiary/aromatic N) is 1. The van der Waals surface area contributed by atoms with Crippen LogP contribution in [0.25, 0.3) is 0 Å². The van der Waals surface area contributed by atoms with Crippen molar-refractivity contribution in [2.24, 2.45) is 0 Å². The number of aliphatic carboxylic acids is 1. The topological polar surface area (TPSA) is 95.9 Å². The lowest BCUT2D eigenvalue weighted by atomic mass is 10.1. The molecule has 106 valence electrons. The number of carbonyl (C=O) groups excluding carboxylic acids is 2. The Labute approximate surface area is 111 Å². The lowest BCUT2D eigenvalue weighted by Gasteiger charge is -2.39. The molecule has 1 fully saturated rings. The fraction of sp³-hybridized carbons (Fsp3) is 0.583. The maximum atomic E-state index is 11.6. The van der Waals surface area contributed by atoms with Gasteiger partial charge in [0.15, 0.2) is 0 Å². The van der Waals surface area contributed by atoms with Crippen molar-refractivity contribution in [2.75, 3.05) is 13.1 Å². The van der Waals surface area contributed by atoms with Crippen LogP contribution in [0.5, 0.6) is 0 Å². The van der Waals surface area contributed by atoms with Crippen molar-refractivity contribution in [3.63, 3.8) is 0 Å². The number of carboxylic acid groups (broad SMARTS) is 1. The second kappa shape index (κ2) is 5.73. The van der Waals surface area contributed by atoms with Crippen LogP contribution in [0, 0.1) is 0 Å². The fourth-order valence-corrected chi connectivity index (χ4v) is 1.44. The molecular formula is C12H18N2O5. The molecule has 0 bridgehead atoms. The normalized spacial score (nSPS) is 16.1. The van der Waals surface area contributed by atoms with E-state index in [1.165, 1.54) is 4.90 Å². The van der Waals surface area contributed by atoms with Gasteiger partial charge in [-0.1, -0.05) is 0 Å². The van der Waals surface area contributed by atoms with Gasteiger partial charge in [0.05, 0.1) is 6.04 Å². The quantitative estimate of drug-likeness (QED) is 0.722. The van der Waals surface area contributed by atoms with Crippen LogP contribution in [0.2, 0.25) is 0 Å². The number of likely N-dealkylation sites (tertiary alicyclic amines) is 1. The van der Waals surface area contributed by atoms with Crippen molar-refractivity contribution in [1.82, 2.24) is 10.2 Å². The minimum Gasteiger partial charge on any atom is -0.478 e. The van der Waals surface area contributed by atoms with Gasteiger partial charge in [-0.2, -0.15) is 0 Å². The molecule has 1 saturated heterocycles. The summed E-state index contributed by atoms with van der Waals surface area (Å²) < 4.78 is 5.16. The van der Waals surface area contributed by atoms with Crippen molar-refractivity contribution in [3.8, 4) is 0 Å². The SMILES string of the molecule is CC(C)(C)OC(=O)N1CC(NC(=O)/C=C\C(=O)O)C1. The average molecular weight is 270 g/mol. The summed E-state index contributed by atoms with van der Waals surface area (Å²) in [4.78, 5) is 34.5. The summed E-state index contributed by atoms with van der Waals surface area (Å²) in [6, 6.07) is -0.168. The number of carbonyl (C=O) groups is 3. The molecular weight excluding hydrogens is 252 g/mol. The van der Waals surface area contributed by atoms with Gasteiger partial charge in [0, 0.05) is 25.2 Å². The van der Waals surface area contributed by atoms with Crippen LogP contribution in [0.3, 0.4) is 0 Å². The monoisotopic (exact) mass is 270 g/mol. The molecule has 7 nitrogen and oxygen atoms in total. The Bertz CT molecular complexity index is 405. The van der Waals surface area contributed by atoms with E-state index in [1.807, 2.05) is 0 Å². The van der Waals surface area contributed by atoms with Crippen LogP contribution in [0.4, 0.5) is 4.79 Å². The Kier molecular flexibility index (Phi) is 4.52. The van der Waals surface area contributed by atoms with E-state index in [0.29, 0.717) is 13.1 Å². The molecule has 0 spiro atoms. The standard InChI is InChI=1S/C12H18N2O5/c1-12(2,3)19-11(18)14-6-8(7-14)13-9(15)4-5-10(16)17/h4-5,8H,6-7H2,1-3H3,(H,13,15)(H,16,17)/b5-4-. The molecule has 0 atom stereocenters. The summed E-state index contributed by atoms with van der Waals surface area (Å²) in [5.41, 5.74) is -0.546. The molecule has 1 heterocycles. The Balaban J connectivity index is 2.29. The third kappa shape index (κ3) is 5.41. The molecule has 1 aliphatic rings. The second-order valence-corrected chi connectivity index (χ2v) is 5.26. The van der Waals surface area contributed by atoms with E-state index >= 15 is 0 Å². The van der Waals surface area contributed by atoms with Gasteiger partial charge in [-0.05, 0) is 20.8 Å². The van der Waals surface area contributed by atoms with Crippen LogP contribution in [0.1, 0.15) is 20.8 Å². The fourth-order valence-electron chi connectivity index (χ4n) is 1.44. The molecule has 7 heteroatoms. The molecule has 0 aliphatic carbocycles. The van der Waals surface area contributed by atoms with E-state index in [-0.39, 0.29) is 6.04 Å². The van der Waals surface area contributed by atoms with Gasteiger partial charge < -0.3 is 20.1 Å². The Morgan fingerprint density at radius 1 is 1.26 bits per heavy atom. The van der Waals surface area contributed by atoms with E-state index in [1.54, 1.807) is 20.8 Å². The van der Waals surface area contributed by atoms with Crippen molar-refractivity contribution in [1.29, 1.82) is 0 Å². The van der Waals surface area contributed by atoms with Crippen LogP contribution in [-0.4, -0.2) is 52.7 Å². The third-order valence-electron chi connectivity index (χ3n) is 2.26. The third-order valence-corrected chi connectivity index (χ3v) is 2.26. The first-order valence-corrected chi connectivity index (χ1v) is 5.87. The molecule has 0 aromatic heterocycles. The molecule has 1 aliphatic heterocycles. The number of amides is 2. The van der Waals surface area contributed by atoms with Crippen LogP contribution in [-0.2, 0) is 14.3 Å². The van der Waals surface area contributed by atoms with Gasteiger partial charge in [0.25, 0.3) is 0 Å². The maximum Gasteiger partial charge on any atom is 0.410 e. The molecule has 2 amide bonds. The van der Waals surface area contributed by atoms with Crippen molar-refractivity contribution in [2.45, 2.75) is 32.4 Å². The first kappa shape index (κ1) is 15.0. The van der Waals surface area contributed by atoms with Crippen LogP contribution in [0.15, 0.2) is 12.2 Å². The molecule has 0 saturated carbocycles. The molecule has 1 rings (SSSR count). The van der Waals surface area contributed by atoms with Crippen molar-refractivity contribution >= 4 is 18.0 Å². The zero-order valence-corrected chi connectivity index (χ0v) is 11.2. The molecule has 0 aromatic rings. The lowest BCUT2D eigenvalue weighted by Crippen LogP contribution is -2.61. The lowest BCUT2D eigenvalue weighted by molar-refractivity contribution is -0.131. The summed E-state index contributed by atoms with van der Waals surface area (Å²) >= 11 is 0. The maximum absolute atomic E-state index is 11.6. The van der Waals surface area contributed by atoms with Crippen molar-refractivity contribution < 1.29 is 24.2 Å². The highest BCUT2D eigenvalue weighted by Crippen LogP contribution is 2.15. The Morgan fingerprint density at radius 3 is 2.32 bits per heavy atom. The highest BCUT2D eigenvalue weighted by Gasteiger charge is 2.34. The number of hydrogen-bond donors (Lipinski definition) is 2. The minimum absolute atomic E-state index is 0.168. The zero-order valence-electron chi connectivity index (χ0n) is 11.2. The summed E-state index contributed by atoms with van der Waals surface area (Å²) in [5.74, 6) is -1.67. The van der Waals surface area contributed by atoms with Gasteiger partial charge in [-0.3, -0.25) is 4.79 Å². The Morgan fingerprint density at radius 2 is 1.84 bits per heavy atom. The molecule has 0 aromatic carbocycles. The minimum atomic E-state index is -1.18. The number of carboxylic acids is 1. The summed E-state index contributed by atoms with van der Waals surface area (Å²) in [7, 11) is 0. The number of nitrogens with one attached hydrogen (secondary N) is 1. The highest BCUT2D eigenvalue weighted by atomic mass is 16.6. The molecule has 0 radical (unpaired) electrons. The van der Waals surface area contributed by atoms with Gasteiger partial charge >= 0.3 is 12.1 Å². The first-order chi connectivity index (χ1) is 8.67. The van der Waals surface area contributed by atoms with E-state index < -0.39 is 23.6 Å². The first-order valence-electron chi connectivity index (χ1n) is 5.87. The Hall–Kier alpha value is -2.05. The predicted molar refractivity (Wildman–Crippen MR) is 66.5 cm³/mol. The summed E-state index contributed by atoms with van der Waals surface area (Å²) in [5, 5.41) is 10.9. The van der Waals surface area contributed by atoms with Crippen molar-refractivity contribution in [3.05, 3.63) is 12.2 Å². The van der Waals surface area contributed by atoms with Gasteiger partial charge in [0.1, 0.15) is 5.60 Å². The van der Waals surface area contributed by atoms with Gasteiger partial charge in [-0.15, -0.1) is 0 Å². The van der Waals surface area contributed by atoms with E-state index in [9.17, 15) is 14.4 Å². The molecule has 2 N–H and O–H groups in total. The predicted octanol–water partition coefficient (Wildman–Crippen LogP) is 0.363. The average Bonchev–Trinajstić information content (AvgIpc) is 2.16. The zero-order chi connectivity index (χ0) is 14.6. The number of ether oxygens (including phenoxy) is 1. The van der Waals surface area contributed by atoms with Crippen LogP contribution >= 0.6 is 0 Å². The molecule has 19 heavy (non-hydrogen) atoms. The van der Waals surface area contributed by atoms with Gasteiger partial charge in [-0.25, -0.2) is 9.59 Å². The highest BCUT2D eigenvalue weighted by molar-refractivity contribution is 5.94. The summed E-state index contributed by atoms with van der Waals surface area (Å²) in [6.45, 7) is 6.06. The molecule has 0 unspecified atom stereocenters. The van der Waals surface area contributed by atoms with E-state index in [0.717, 1.165) is 12.2 Å². The van der Waals surface area contributed by atoms with Gasteiger partial charge in [0.2, 0.25) is 5.91 Å². The number of hydrogen-bond acceptors (Lipinski definition) is 4. The number of rotatable bonds is 3.